The molecule has 0 aliphatic carbocycles. The molecule has 1 saturated heterocycles. The van der Waals surface area contributed by atoms with Crippen LogP contribution >= 0.6 is 0 Å². The molecule has 2 rings (SSSR count). The van der Waals surface area contributed by atoms with Gasteiger partial charge in [0.2, 0.25) is 59.1 Å². The first-order valence-electron chi connectivity index (χ1n) is 31.7. The van der Waals surface area contributed by atoms with Gasteiger partial charge in [-0.1, -0.05) is 76.8 Å². The number of unbranched alkanes of at least 4 members (excludes halogenated alkanes) is 4. The van der Waals surface area contributed by atoms with Crippen LogP contribution in [0.2, 0.25) is 0 Å². The Kier molecular flexibility index (Phi) is 36.2. The van der Waals surface area contributed by atoms with Gasteiger partial charge in [0.05, 0.1) is 12.2 Å². The summed E-state index contributed by atoms with van der Waals surface area (Å²) in [5.41, 5.74) is 0.234. The molecule has 0 radical (unpaired) electrons. The Hall–Kier alpha value is -9.12. The quantitative estimate of drug-likeness (QED) is 0.0299. The van der Waals surface area contributed by atoms with Crippen molar-refractivity contribution in [2.75, 3.05) is 32.7 Å². The number of benzene rings is 1. The molecule has 0 saturated carbocycles. The predicted molar refractivity (Wildman–Crippen MR) is 326 cm³/mol. The highest BCUT2D eigenvalue weighted by Crippen LogP contribution is 2.19. The van der Waals surface area contributed by atoms with Crippen LogP contribution in [0.5, 0.6) is 0 Å². The first-order valence-corrected chi connectivity index (χ1v) is 31.7. The molecule has 1 aromatic rings. The van der Waals surface area contributed by atoms with E-state index in [0.717, 1.165) is 33.1 Å². The van der Waals surface area contributed by atoms with Gasteiger partial charge in [0.25, 0.3) is 0 Å². The fourth-order valence-corrected chi connectivity index (χ4v) is 9.37. The second-order valence-corrected chi connectivity index (χ2v) is 23.7. The van der Waals surface area contributed by atoms with Crippen molar-refractivity contribution >= 4 is 82.7 Å². The summed E-state index contributed by atoms with van der Waals surface area (Å²) in [5.74, 6) is -25.0. The van der Waals surface area contributed by atoms with E-state index >= 15 is 0 Å². The van der Waals surface area contributed by atoms with E-state index in [1.54, 1.807) is 0 Å². The van der Waals surface area contributed by atoms with Crippen LogP contribution in [0.4, 0.5) is 52.7 Å². The molecule has 30 nitrogen and oxygen atoms in total. The second kappa shape index (κ2) is 41.6. The summed E-state index contributed by atoms with van der Waals surface area (Å²) < 4.78 is 160. The standard InChI is InChI=1S/C59H84F12N14O16/c1-6-7-8-9-13-16-40(88)84-41(30(4)86)50(96)80-33(18-23-73-52(98)56(60,61)62)43(89)72-22-17-36-45(91)77-35(20-25-75-54(100)58(66,67)68)46(92)83-39(28-32-14-11-10-12-15-32)49(95)82-38(27-29(2)3)48(94)79-34(19-24-74-53(99)57(63,64)65)44(90)78-37(21-26-76-55(101)59(69,70)71)47(93)85-42(31(5)87)51(97)81-36/h10-12,14-15,29-31,33-39,41-42,86-87H,6-9,13,16-28H2,1-5H3,(H,72,89)(H,73,98)(H,74,99)(H,75,100)(H,76,101)(H,77,91)(H,78,90)(H,79,94)(H,80,96)(H,81,97)(H,82,95)(H,83,92)(H,84,88)(H,85,93)/t30-,31-,33+,34+,35+,36+,37+,38+,39-,41+,42+/m1/s1. The highest BCUT2D eigenvalue weighted by Gasteiger charge is 2.44. The van der Waals surface area contributed by atoms with Gasteiger partial charge in [0, 0.05) is 45.6 Å². The van der Waals surface area contributed by atoms with Gasteiger partial charge in [-0.2, -0.15) is 52.7 Å². The van der Waals surface area contributed by atoms with Gasteiger partial charge in [-0.3, -0.25) is 67.1 Å². The molecule has 1 aliphatic rings. The Morgan fingerprint density at radius 1 is 0.446 bits per heavy atom. The number of carbonyl (C=O) groups excluding carboxylic acids is 14. The zero-order valence-corrected chi connectivity index (χ0v) is 55.2. The van der Waals surface area contributed by atoms with E-state index in [2.05, 4.69) is 42.5 Å². The lowest BCUT2D eigenvalue weighted by Gasteiger charge is -2.29. The SMILES string of the molecule is CCCCCCCC(=O)N[C@H](C(=O)N[C@@H](CCNC(=O)C(F)(F)F)C(=O)NCC[C@@H]1NC(=O)[C@H]([C@@H](C)O)NC(=O)[C@H](CCNC(=O)C(F)(F)F)NC(=O)[C@H](CCNC(=O)C(F)(F)F)NC(=O)[C@H](CC(C)C)NC(=O)[C@@H](Cc2ccccc2)NC(=O)[C@H](CCNC(=O)C(F)(F)F)NC1=O)[C@@H](C)O. The summed E-state index contributed by atoms with van der Waals surface area (Å²) in [4.78, 5) is 189. The maximum Gasteiger partial charge on any atom is 0.471 e. The second-order valence-electron chi connectivity index (χ2n) is 23.7. The number of rotatable bonds is 31. The number of aliphatic hydroxyl groups is 2. The highest BCUT2D eigenvalue weighted by molar-refractivity contribution is 5.99. The first-order chi connectivity index (χ1) is 46.9. The summed E-state index contributed by atoms with van der Waals surface area (Å²) in [6.07, 6.45) is -28.8. The van der Waals surface area contributed by atoms with E-state index in [9.17, 15) is 130 Å². The summed E-state index contributed by atoms with van der Waals surface area (Å²) in [6.45, 7) is 1.31. The molecule has 0 spiro atoms. The molecule has 0 bridgehead atoms. The van der Waals surface area contributed by atoms with Crippen LogP contribution in [0.15, 0.2) is 30.3 Å². The summed E-state index contributed by atoms with van der Waals surface area (Å²) >= 11 is 0. The third-order valence-corrected chi connectivity index (χ3v) is 14.7. The average Bonchev–Trinajstić information content (AvgIpc) is 1.39. The van der Waals surface area contributed by atoms with Crippen LogP contribution < -0.4 is 74.4 Å². The number of halogens is 12. The van der Waals surface area contributed by atoms with Gasteiger partial charge >= 0.3 is 48.3 Å². The smallest absolute Gasteiger partial charge is 0.391 e. The van der Waals surface area contributed by atoms with Crippen molar-refractivity contribution in [3.05, 3.63) is 35.9 Å². The monoisotopic (exact) mass is 1470 g/mol. The molecule has 0 unspecified atom stereocenters. The minimum Gasteiger partial charge on any atom is -0.391 e. The average molecular weight is 1470 g/mol. The molecule has 101 heavy (non-hydrogen) atoms. The zero-order valence-electron chi connectivity index (χ0n) is 55.2. The van der Waals surface area contributed by atoms with Crippen LogP contribution in [0.1, 0.15) is 117 Å². The molecular formula is C59H84F12N14O16. The number of aliphatic hydroxyl groups excluding tert-OH is 2. The lowest BCUT2D eigenvalue weighted by Crippen LogP contribution is -2.62. The number of alkyl halides is 12. The lowest BCUT2D eigenvalue weighted by molar-refractivity contribution is -0.173. The predicted octanol–water partition coefficient (Wildman–Crippen LogP) is -1.45. The number of hydrogen-bond donors (Lipinski definition) is 16. The molecule has 14 amide bonds. The van der Waals surface area contributed by atoms with Gasteiger partial charge in [-0.15, -0.1) is 0 Å². The van der Waals surface area contributed by atoms with Gasteiger partial charge < -0.3 is 84.6 Å². The zero-order chi connectivity index (χ0) is 76.8. The third kappa shape index (κ3) is 32.8. The number of amides is 14. The first kappa shape index (κ1) is 88.0. The van der Waals surface area contributed by atoms with Crippen molar-refractivity contribution in [2.24, 2.45) is 5.92 Å². The van der Waals surface area contributed by atoms with E-state index in [1.165, 1.54) is 65.4 Å². The van der Waals surface area contributed by atoms with Crippen molar-refractivity contribution in [1.29, 1.82) is 0 Å². The molecule has 1 aliphatic heterocycles. The molecule has 570 valence electrons. The van der Waals surface area contributed by atoms with Crippen molar-refractivity contribution < 1.29 is 130 Å². The maximum atomic E-state index is 14.7. The Bertz CT molecular complexity index is 3000. The van der Waals surface area contributed by atoms with Crippen LogP contribution in [0, 0.1) is 5.92 Å². The molecule has 42 heteroatoms. The molecule has 16 N–H and O–H groups in total. The summed E-state index contributed by atoms with van der Waals surface area (Å²) in [6, 6.07) is -11.9. The van der Waals surface area contributed by atoms with Gasteiger partial charge in [-0.25, -0.2) is 0 Å². The molecular weight excluding hydrogens is 1390 g/mol. The fourth-order valence-electron chi connectivity index (χ4n) is 9.37. The molecule has 0 aromatic heterocycles. The summed E-state index contributed by atoms with van der Waals surface area (Å²) in [5, 5.41) is 48.7. The van der Waals surface area contributed by atoms with Crippen LogP contribution in [0.25, 0.3) is 0 Å². The third-order valence-electron chi connectivity index (χ3n) is 14.7. The normalized spacial score (nSPS) is 20.8. The van der Waals surface area contributed by atoms with E-state index in [0.29, 0.717) is 12.8 Å². The Balaban J connectivity index is 3.00. The van der Waals surface area contributed by atoms with Crippen LogP contribution in [-0.2, 0) is 73.5 Å². The largest absolute Gasteiger partial charge is 0.471 e. The van der Waals surface area contributed by atoms with E-state index in [-0.39, 0.29) is 12.0 Å². The van der Waals surface area contributed by atoms with Crippen molar-refractivity contribution in [3.8, 4) is 0 Å². The summed E-state index contributed by atoms with van der Waals surface area (Å²) in [7, 11) is 0. The van der Waals surface area contributed by atoms with Crippen molar-refractivity contribution in [1.82, 2.24) is 74.4 Å². The number of nitrogens with one attached hydrogen (secondary N) is 14. The highest BCUT2D eigenvalue weighted by atomic mass is 19.4. The lowest BCUT2D eigenvalue weighted by atomic mass is 10.00. The Morgan fingerprint density at radius 2 is 0.812 bits per heavy atom. The van der Waals surface area contributed by atoms with Crippen LogP contribution in [-0.4, -0.2) is 217 Å². The van der Waals surface area contributed by atoms with E-state index in [4.69, 9.17) is 0 Å². The molecule has 11 atom stereocenters. The molecule has 1 aromatic carbocycles. The Morgan fingerprint density at radius 3 is 1.22 bits per heavy atom. The van der Waals surface area contributed by atoms with E-state index in [1.807, 2.05) is 17.6 Å². The minimum atomic E-state index is -5.57. The molecule has 1 fully saturated rings. The Labute approximate surface area is 569 Å². The molecule has 1 heterocycles. The van der Waals surface area contributed by atoms with Crippen LogP contribution in [0.3, 0.4) is 0 Å². The van der Waals surface area contributed by atoms with Gasteiger partial charge in [0.1, 0.15) is 54.4 Å². The van der Waals surface area contributed by atoms with Crippen molar-refractivity contribution in [2.45, 2.75) is 209 Å². The number of hydrogen-bond acceptors (Lipinski definition) is 16. The van der Waals surface area contributed by atoms with E-state index < -0.39 is 258 Å². The minimum absolute atomic E-state index is 0.144. The van der Waals surface area contributed by atoms with Gasteiger partial charge in [0.15, 0.2) is 0 Å². The number of carbonyl (C=O) groups is 14. The van der Waals surface area contributed by atoms with Crippen molar-refractivity contribution in [3.63, 3.8) is 0 Å². The van der Waals surface area contributed by atoms with Gasteiger partial charge in [-0.05, 0) is 70.3 Å². The fraction of sp³-hybridized carbons (Fsp3) is 0.661. The topological polar surface area (TPSA) is 448 Å². The maximum absolute atomic E-state index is 14.7.